The molecule has 130 valence electrons. The van der Waals surface area contributed by atoms with Crippen LogP contribution in [0.4, 0.5) is 11.5 Å². The molecule has 0 aliphatic heterocycles. The van der Waals surface area contributed by atoms with Gasteiger partial charge in [0.05, 0.1) is 18.0 Å². The summed E-state index contributed by atoms with van der Waals surface area (Å²) in [5.74, 6) is 1.31. The summed E-state index contributed by atoms with van der Waals surface area (Å²) in [6.45, 7) is 0. The van der Waals surface area contributed by atoms with Gasteiger partial charge in [0, 0.05) is 19.4 Å². The van der Waals surface area contributed by atoms with Gasteiger partial charge in [0.1, 0.15) is 5.82 Å². The number of pyridine rings is 1. The molecular formula is C18H25N3O3. The van der Waals surface area contributed by atoms with Crippen molar-refractivity contribution in [3.63, 3.8) is 0 Å². The molecule has 2 saturated carbocycles. The fourth-order valence-corrected chi connectivity index (χ4v) is 3.10. The van der Waals surface area contributed by atoms with Crippen molar-refractivity contribution < 1.29 is 14.3 Å². The Balaban J connectivity index is 1.38. The van der Waals surface area contributed by atoms with E-state index in [1.54, 1.807) is 25.4 Å². The molecule has 0 unspecified atom stereocenters. The zero-order chi connectivity index (χ0) is 16.9. The van der Waals surface area contributed by atoms with E-state index in [1.165, 1.54) is 0 Å². The van der Waals surface area contributed by atoms with E-state index in [2.05, 4.69) is 15.6 Å². The third kappa shape index (κ3) is 4.32. The highest BCUT2D eigenvalue weighted by Crippen LogP contribution is 2.33. The molecule has 2 aliphatic rings. The van der Waals surface area contributed by atoms with Crippen LogP contribution in [0.15, 0.2) is 18.3 Å². The zero-order valence-electron chi connectivity index (χ0n) is 14.1. The number of carbonyl (C=O) groups is 2. The molecule has 0 aromatic carbocycles. The summed E-state index contributed by atoms with van der Waals surface area (Å²) in [6, 6.07) is 3.49. The summed E-state index contributed by atoms with van der Waals surface area (Å²) < 4.78 is 5.24. The number of rotatable bonds is 7. The number of amides is 2. The SMILES string of the molecule is COC1CC(CCC(=O)Nc2ccc(NC(=O)C3CCC3)cn2)C1. The molecule has 0 saturated heterocycles. The van der Waals surface area contributed by atoms with Crippen molar-refractivity contribution >= 4 is 23.3 Å². The number of ether oxygens (including phenoxy) is 1. The number of carbonyl (C=O) groups excluding carboxylic acids is 2. The van der Waals surface area contributed by atoms with Gasteiger partial charge >= 0.3 is 0 Å². The topological polar surface area (TPSA) is 80.3 Å². The Kier molecular flexibility index (Phi) is 5.45. The van der Waals surface area contributed by atoms with E-state index >= 15 is 0 Å². The first-order valence-corrected chi connectivity index (χ1v) is 8.73. The van der Waals surface area contributed by atoms with Crippen LogP contribution >= 0.6 is 0 Å². The van der Waals surface area contributed by atoms with Gasteiger partial charge in [-0.15, -0.1) is 0 Å². The second-order valence-corrected chi connectivity index (χ2v) is 6.83. The molecule has 2 aliphatic carbocycles. The highest BCUT2D eigenvalue weighted by Gasteiger charge is 2.29. The highest BCUT2D eigenvalue weighted by molar-refractivity contribution is 5.93. The smallest absolute Gasteiger partial charge is 0.227 e. The van der Waals surface area contributed by atoms with Crippen LogP contribution < -0.4 is 10.6 Å². The Morgan fingerprint density at radius 1 is 1.25 bits per heavy atom. The van der Waals surface area contributed by atoms with Gasteiger partial charge in [0.25, 0.3) is 0 Å². The Morgan fingerprint density at radius 2 is 2.04 bits per heavy atom. The van der Waals surface area contributed by atoms with Crippen molar-refractivity contribution in [1.29, 1.82) is 0 Å². The number of hydrogen-bond donors (Lipinski definition) is 2. The Bertz CT molecular complexity index is 578. The molecule has 0 atom stereocenters. The van der Waals surface area contributed by atoms with Crippen molar-refractivity contribution in [3.8, 4) is 0 Å². The molecular weight excluding hydrogens is 306 g/mol. The normalized spacial score (nSPS) is 23.0. The van der Waals surface area contributed by atoms with Gasteiger partial charge < -0.3 is 15.4 Å². The lowest BCUT2D eigenvalue weighted by Crippen LogP contribution is -2.31. The van der Waals surface area contributed by atoms with E-state index in [1.807, 2.05) is 0 Å². The minimum atomic E-state index is -0.0189. The molecule has 6 nitrogen and oxygen atoms in total. The van der Waals surface area contributed by atoms with E-state index in [4.69, 9.17) is 4.74 Å². The summed E-state index contributed by atoms with van der Waals surface area (Å²) in [7, 11) is 1.73. The van der Waals surface area contributed by atoms with Crippen LogP contribution in [0.2, 0.25) is 0 Å². The Labute approximate surface area is 142 Å². The third-order valence-electron chi connectivity index (χ3n) is 5.08. The fourth-order valence-electron chi connectivity index (χ4n) is 3.10. The van der Waals surface area contributed by atoms with E-state index in [-0.39, 0.29) is 17.7 Å². The van der Waals surface area contributed by atoms with Gasteiger partial charge in [-0.2, -0.15) is 0 Å². The van der Waals surface area contributed by atoms with Crippen LogP contribution in [-0.2, 0) is 14.3 Å². The largest absolute Gasteiger partial charge is 0.381 e. The first-order valence-electron chi connectivity index (χ1n) is 8.73. The number of nitrogens with zero attached hydrogens (tertiary/aromatic N) is 1. The Morgan fingerprint density at radius 3 is 2.62 bits per heavy atom. The van der Waals surface area contributed by atoms with Crippen LogP contribution in [0.25, 0.3) is 0 Å². The molecule has 2 amide bonds. The maximum absolute atomic E-state index is 12.0. The average molecular weight is 331 g/mol. The van der Waals surface area contributed by atoms with Gasteiger partial charge in [0.2, 0.25) is 11.8 Å². The Hall–Kier alpha value is -1.95. The lowest BCUT2D eigenvalue weighted by atomic mass is 9.79. The number of methoxy groups -OCH3 is 1. The second-order valence-electron chi connectivity index (χ2n) is 6.83. The molecule has 2 fully saturated rings. The molecule has 1 heterocycles. The molecule has 24 heavy (non-hydrogen) atoms. The minimum Gasteiger partial charge on any atom is -0.381 e. The summed E-state index contributed by atoms with van der Waals surface area (Å²) in [4.78, 5) is 28.0. The summed E-state index contributed by atoms with van der Waals surface area (Å²) in [5.41, 5.74) is 0.671. The lowest BCUT2D eigenvalue weighted by Gasteiger charge is -2.33. The molecule has 0 radical (unpaired) electrons. The standard InChI is InChI=1S/C18H25N3O3/c1-24-15-9-12(10-15)5-8-17(22)21-16-7-6-14(11-19-16)20-18(23)13-3-2-4-13/h6-7,11-13,15H,2-5,8-10H2,1H3,(H,20,23)(H,19,21,22). The number of aromatic nitrogens is 1. The van der Waals surface area contributed by atoms with Crippen LogP contribution in [0.3, 0.4) is 0 Å². The number of anilines is 2. The predicted molar refractivity (Wildman–Crippen MR) is 91.6 cm³/mol. The van der Waals surface area contributed by atoms with Gasteiger partial charge in [0.15, 0.2) is 0 Å². The number of hydrogen-bond acceptors (Lipinski definition) is 4. The fraction of sp³-hybridized carbons (Fsp3) is 0.611. The maximum atomic E-state index is 12.0. The molecule has 0 spiro atoms. The lowest BCUT2D eigenvalue weighted by molar-refractivity contribution is -0.122. The summed E-state index contributed by atoms with van der Waals surface area (Å²) >= 11 is 0. The van der Waals surface area contributed by atoms with E-state index in [0.29, 0.717) is 29.9 Å². The van der Waals surface area contributed by atoms with Crippen LogP contribution in [-0.4, -0.2) is 30.0 Å². The number of nitrogens with one attached hydrogen (secondary N) is 2. The quantitative estimate of drug-likeness (QED) is 0.805. The molecule has 3 rings (SSSR count). The van der Waals surface area contributed by atoms with E-state index < -0.39 is 0 Å². The molecule has 0 bridgehead atoms. The van der Waals surface area contributed by atoms with Crippen molar-refractivity contribution in [1.82, 2.24) is 4.98 Å². The monoisotopic (exact) mass is 331 g/mol. The van der Waals surface area contributed by atoms with Gasteiger partial charge in [-0.1, -0.05) is 6.42 Å². The highest BCUT2D eigenvalue weighted by atomic mass is 16.5. The van der Waals surface area contributed by atoms with Crippen molar-refractivity contribution in [2.75, 3.05) is 17.7 Å². The second kappa shape index (κ2) is 7.75. The first kappa shape index (κ1) is 16.9. The summed E-state index contributed by atoms with van der Waals surface area (Å²) in [5, 5.41) is 5.67. The maximum Gasteiger partial charge on any atom is 0.227 e. The van der Waals surface area contributed by atoms with Crippen molar-refractivity contribution in [3.05, 3.63) is 18.3 Å². The molecule has 1 aromatic rings. The van der Waals surface area contributed by atoms with Crippen LogP contribution in [0.1, 0.15) is 44.9 Å². The molecule has 6 heteroatoms. The van der Waals surface area contributed by atoms with E-state index in [9.17, 15) is 9.59 Å². The first-order chi connectivity index (χ1) is 11.6. The predicted octanol–water partition coefficient (Wildman–Crippen LogP) is 2.96. The minimum absolute atomic E-state index is 0.0189. The van der Waals surface area contributed by atoms with Crippen LogP contribution in [0, 0.1) is 11.8 Å². The van der Waals surface area contributed by atoms with Gasteiger partial charge in [-0.3, -0.25) is 9.59 Å². The van der Waals surface area contributed by atoms with Crippen molar-refractivity contribution in [2.24, 2.45) is 11.8 Å². The van der Waals surface area contributed by atoms with Crippen molar-refractivity contribution in [2.45, 2.75) is 51.0 Å². The van der Waals surface area contributed by atoms with E-state index in [0.717, 1.165) is 38.5 Å². The van der Waals surface area contributed by atoms with Crippen LogP contribution in [0.5, 0.6) is 0 Å². The third-order valence-corrected chi connectivity index (χ3v) is 5.08. The van der Waals surface area contributed by atoms with Gasteiger partial charge in [-0.25, -0.2) is 4.98 Å². The zero-order valence-corrected chi connectivity index (χ0v) is 14.1. The molecule has 1 aromatic heterocycles. The summed E-state index contributed by atoms with van der Waals surface area (Å²) in [6.07, 6.45) is 8.54. The van der Waals surface area contributed by atoms with Gasteiger partial charge in [-0.05, 0) is 50.2 Å². The average Bonchev–Trinajstić information content (AvgIpc) is 2.46. The molecule has 2 N–H and O–H groups in total.